The molecule has 3 N–H and O–H groups in total. The van der Waals surface area contributed by atoms with Crippen molar-refractivity contribution in [3.63, 3.8) is 0 Å². The first kappa shape index (κ1) is 21.2. The van der Waals surface area contributed by atoms with Crippen LogP contribution < -0.4 is 11.1 Å². The third-order valence-electron chi connectivity index (χ3n) is 4.03. The predicted molar refractivity (Wildman–Crippen MR) is 108 cm³/mol. The molecule has 0 unspecified atom stereocenters. The van der Waals surface area contributed by atoms with Gasteiger partial charge in [-0.1, -0.05) is 11.6 Å². The van der Waals surface area contributed by atoms with Crippen LogP contribution in [0, 0.1) is 0 Å². The first-order valence-electron chi connectivity index (χ1n) is 8.77. The number of benzene rings is 2. The largest absolute Gasteiger partial charge is 0.452 e. The number of amides is 2. The topological polar surface area (TPSA) is 102 Å². The van der Waals surface area contributed by atoms with Gasteiger partial charge < -0.3 is 20.7 Å². The van der Waals surface area contributed by atoms with Gasteiger partial charge in [-0.25, -0.2) is 4.79 Å². The fourth-order valence-electron chi connectivity index (χ4n) is 2.47. The summed E-state index contributed by atoms with van der Waals surface area (Å²) < 4.78 is 4.97. The van der Waals surface area contributed by atoms with Crippen LogP contribution in [0.25, 0.3) is 0 Å². The highest BCUT2D eigenvalue weighted by atomic mass is 35.5. The number of nitrogen functional groups attached to an aromatic ring is 1. The highest BCUT2D eigenvalue weighted by Crippen LogP contribution is 2.20. The molecule has 2 rings (SSSR count). The standard InChI is InChI=1S/C20H22ClN3O4/c1-3-24(4-2)19(26)13-5-8-15(9-6-13)23-18(25)12-28-20(27)14-7-10-16(21)17(22)11-14/h5-11H,3-4,12,22H2,1-2H3,(H,23,25). The lowest BCUT2D eigenvalue weighted by Crippen LogP contribution is -2.30. The van der Waals surface area contributed by atoms with Crippen molar-refractivity contribution in [1.82, 2.24) is 4.90 Å². The molecule has 0 saturated heterocycles. The lowest BCUT2D eigenvalue weighted by Gasteiger charge is -2.18. The van der Waals surface area contributed by atoms with Gasteiger partial charge in [0.1, 0.15) is 0 Å². The maximum Gasteiger partial charge on any atom is 0.338 e. The third-order valence-corrected chi connectivity index (χ3v) is 4.38. The van der Waals surface area contributed by atoms with Crippen molar-refractivity contribution in [3.05, 3.63) is 58.6 Å². The monoisotopic (exact) mass is 403 g/mol. The second-order valence-corrected chi connectivity index (χ2v) is 6.32. The van der Waals surface area contributed by atoms with E-state index in [4.69, 9.17) is 22.1 Å². The van der Waals surface area contributed by atoms with Crippen LogP contribution in [0.2, 0.25) is 5.02 Å². The maximum absolute atomic E-state index is 12.3. The number of ether oxygens (including phenoxy) is 1. The van der Waals surface area contributed by atoms with Crippen molar-refractivity contribution >= 4 is 40.8 Å². The Morgan fingerprint density at radius 3 is 2.21 bits per heavy atom. The average Bonchev–Trinajstić information content (AvgIpc) is 2.69. The quantitative estimate of drug-likeness (QED) is 0.546. The summed E-state index contributed by atoms with van der Waals surface area (Å²) in [6.07, 6.45) is 0. The van der Waals surface area contributed by atoms with Crippen molar-refractivity contribution in [3.8, 4) is 0 Å². The number of anilines is 2. The smallest absolute Gasteiger partial charge is 0.338 e. The van der Waals surface area contributed by atoms with Crippen LogP contribution in [-0.4, -0.2) is 42.4 Å². The molecule has 0 spiro atoms. The van der Waals surface area contributed by atoms with Crippen molar-refractivity contribution in [2.75, 3.05) is 30.7 Å². The normalized spacial score (nSPS) is 10.2. The minimum Gasteiger partial charge on any atom is -0.452 e. The molecule has 2 aromatic carbocycles. The van der Waals surface area contributed by atoms with Gasteiger partial charge in [0, 0.05) is 24.3 Å². The highest BCUT2D eigenvalue weighted by molar-refractivity contribution is 6.33. The van der Waals surface area contributed by atoms with E-state index < -0.39 is 18.5 Å². The second kappa shape index (κ2) is 9.75. The zero-order valence-electron chi connectivity index (χ0n) is 15.7. The summed E-state index contributed by atoms with van der Waals surface area (Å²) in [5.74, 6) is -1.25. The van der Waals surface area contributed by atoms with Crippen molar-refractivity contribution in [1.29, 1.82) is 0 Å². The van der Waals surface area contributed by atoms with Gasteiger partial charge in [0.15, 0.2) is 6.61 Å². The number of nitrogens with zero attached hydrogens (tertiary/aromatic N) is 1. The Kier molecular flexibility index (Phi) is 7.40. The number of hydrogen-bond donors (Lipinski definition) is 2. The zero-order valence-corrected chi connectivity index (χ0v) is 16.5. The molecule has 8 heteroatoms. The molecule has 0 aliphatic carbocycles. The van der Waals surface area contributed by atoms with Crippen molar-refractivity contribution in [2.24, 2.45) is 0 Å². The zero-order chi connectivity index (χ0) is 20.7. The Labute approximate surface area is 168 Å². The van der Waals surface area contributed by atoms with Gasteiger partial charge in [0.2, 0.25) is 0 Å². The van der Waals surface area contributed by atoms with Crippen LogP contribution >= 0.6 is 11.6 Å². The van der Waals surface area contributed by atoms with Gasteiger partial charge in [0.25, 0.3) is 11.8 Å². The summed E-state index contributed by atoms with van der Waals surface area (Å²) in [4.78, 5) is 37.9. The van der Waals surface area contributed by atoms with Crippen LogP contribution in [0.5, 0.6) is 0 Å². The molecule has 0 radical (unpaired) electrons. The van der Waals surface area contributed by atoms with E-state index in [-0.39, 0.29) is 17.2 Å². The van der Waals surface area contributed by atoms with Gasteiger partial charge in [-0.2, -0.15) is 0 Å². The Hall–Kier alpha value is -3.06. The summed E-state index contributed by atoms with van der Waals surface area (Å²) >= 11 is 5.80. The van der Waals surface area contributed by atoms with E-state index in [9.17, 15) is 14.4 Å². The van der Waals surface area contributed by atoms with E-state index in [2.05, 4.69) is 5.32 Å². The minimum atomic E-state index is -0.682. The fourth-order valence-corrected chi connectivity index (χ4v) is 2.59. The number of carbonyl (C=O) groups is 3. The van der Waals surface area contributed by atoms with Gasteiger partial charge in [-0.05, 0) is 56.3 Å². The molecule has 0 aliphatic heterocycles. The number of carbonyl (C=O) groups excluding carboxylic acids is 3. The molecular formula is C20H22ClN3O4. The molecule has 0 aromatic heterocycles. The van der Waals surface area contributed by atoms with Crippen molar-refractivity contribution < 1.29 is 19.1 Å². The molecule has 0 fully saturated rings. The van der Waals surface area contributed by atoms with E-state index in [1.807, 2.05) is 13.8 Å². The molecule has 0 bridgehead atoms. The molecule has 148 valence electrons. The number of esters is 1. The van der Waals surface area contributed by atoms with E-state index >= 15 is 0 Å². The number of nitrogens with two attached hydrogens (primary N) is 1. The molecular weight excluding hydrogens is 382 g/mol. The van der Waals surface area contributed by atoms with E-state index in [1.54, 1.807) is 29.2 Å². The van der Waals surface area contributed by atoms with Gasteiger partial charge >= 0.3 is 5.97 Å². The SMILES string of the molecule is CCN(CC)C(=O)c1ccc(NC(=O)COC(=O)c2ccc(Cl)c(N)c2)cc1. The fraction of sp³-hybridized carbons (Fsp3) is 0.250. The van der Waals surface area contributed by atoms with Crippen LogP contribution in [0.4, 0.5) is 11.4 Å². The summed E-state index contributed by atoms with van der Waals surface area (Å²) in [6, 6.07) is 10.8. The summed E-state index contributed by atoms with van der Waals surface area (Å²) in [5.41, 5.74) is 7.12. The Morgan fingerprint density at radius 1 is 1.04 bits per heavy atom. The molecule has 0 saturated carbocycles. The highest BCUT2D eigenvalue weighted by Gasteiger charge is 2.14. The lowest BCUT2D eigenvalue weighted by molar-refractivity contribution is -0.119. The number of rotatable bonds is 7. The van der Waals surface area contributed by atoms with Gasteiger partial charge in [0.05, 0.1) is 16.3 Å². The maximum atomic E-state index is 12.3. The van der Waals surface area contributed by atoms with Crippen molar-refractivity contribution in [2.45, 2.75) is 13.8 Å². The molecule has 0 heterocycles. The molecule has 2 aromatic rings. The number of halogens is 1. The predicted octanol–water partition coefficient (Wildman–Crippen LogP) is 3.20. The van der Waals surface area contributed by atoms with Crippen LogP contribution in [0.3, 0.4) is 0 Å². The first-order chi connectivity index (χ1) is 13.3. The lowest BCUT2D eigenvalue weighted by atomic mass is 10.1. The Bertz CT molecular complexity index is 864. The Balaban J connectivity index is 1.89. The molecule has 0 atom stereocenters. The van der Waals surface area contributed by atoms with Crippen LogP contribution in [0.1, 0.15) is 34.6 Å². The van der Waals surface area contributed by atoms with Gasteiger partial charge in [-0.3, -0.25) is 9.59 Å². The average molecular weight is 404 g/mol. The number of hydrogen-bond acceptors (Lipinski definition) is 5. The second-order valence-electron chi connectivity index (χ2n) is 5.92. The van der Waals surface area contributed by atoms with Crippen LogP contribution in [-0.2, 0) is 9.53 Å². The molecule has 7 nitrogen and oxygen atoms in total. The number of nitrogens with one attached hydrogen (secondary N) is 1. The van der Waals surface area contributed by atoms with Crippen LogP contribution in [0.15, 0.2) is 42.5 Å². The molecule has 2 amide bonds. The summed E-state index contributed by atoms with van der Waals surface area (Å²) in [7, 11) is 0. The van der Waals surface area contributed by atoms with E-state index in [0.29, 0.717) is 29.4 Å². The summed E-state index contributed by atoms with van der Waals surface area (Å²) in [6.45, 7) is 4.61. The Morgan fingerprint density at radius 2 is 1.64 bits per heavy atom. The van der Waals surface area contributed by atoms with Gasteiger partial charge in [-0.15, -0.1) is 0 Å². The molecule has 28 heavy (non-hydrogen) atoms. The summed E-state index contributed by atoms with van der Waals surface area (Å²) in [5, 5.41) is 2.94. The third kappa shape index (κ3) is 5.47. The van der Waals surface area contributed by atoms with E-state index in [1.165, 1.54) is 18.2 Å². The first-order valence-corrected chi connectivity index (χ1v) is 9.14. The minimum absolute atomic E-state index is 0.0703. The molecule has 0 aliphatic rings. The van der Waals surface area contributed by atoms with E-state index in [0.717, 1.165) is 0 Å².